The van der Waals surface area contributed by atoms with Gasteiger partial charge in [0, 0.05) is 18.2 Å². The molecule has 0 bridgehead atoms. The zero-order chi connectivity index (χ0) is 14.3. The van der Waals surface area contributed by atoms with E-state index in [1.54, 1.807) is 18.2 Å². The smallest absolute Gasteiger partial charge is 0.387 e. The van der Waals surface area contributed by atoms with E-state index in [4.69, 9.17) is 0 Å². The lowest BCUT2D eigenvalue weighted by Gasteiger charge is -2.16. The molecule has 0 aliphatic rings. The van der Waals surface area contributed by atoms with Crippen LogP contribution in [0.15, 0.2) is 24.3 Å². The Bertz CT molecular complexity index is 369. The number of benzene rings is 1. The predicted octanol–water partition coefficient (Wildman–Crippen LogP) is 4.20. The zero-order valence-corrected chi connectivity index (χ0v) is 11.8. The summed E-state index contributed by atoms with van der Waals surface area (Å²) in [5, 5.41) is 3.34. The molecule has 1 atom stereocenters. The van der Waals surface area contributed by atoms with E-state index >= 15 is 0 Å². The van der Waals surface area contributed by atoms with Crippen molar-refractivity contribution in [2.24, 2.45) is 5.92 Å². The second-order valence-corrected chi connectivity index (χ2v) is 5.24. The predicted molar refractivity (Wildman–Crippen MR) is 73.4 cm³/mol. The molecule has 0 fully saturated rings. The average Bonchev–Trinajstić information content (AvgIpc) is 2.34. The Labute approximate surface area is 114 Å². The summed E-state index contributed by atoms with van der Waals surface area (Å²) in [7, 11) is 0. The molecule has 108 valence electrons. The number of hydrogen-bond donors (Lipinski definition) is 1. The lowest BCUT2D eigenvalue weighted by molar-refractivity contribution is -0.0505. The molecule has 1 aromatic rings. The van der Waals surface area contributed by atoms with Crippen molar-refractivity contribution in [3.05, 3.63) is 29.8 Å². The molecule has 1 N–H and O–H groups in total. The SMILES string of the molecule is CC(C)CCC(C)NCc1ccccc1OC(F)F. The van der Waals surface area contributed by atoms with Crippen molar-refractivity contribution in [1.29, 1.82) is 0 Å². The van der Waals surface area contributed by atoms with E-state index in [0.29, 0.717) is 18.5 Å². The van der Waals surface area contributed by atoms with Crippen molar-refractivity contribution >= 4 is 0 Å². The van der Waals surface area contributed by atoms with Gasteiger partial charge in [-0.15, -0.1) is 0 Å². The number of ether oxygens (including phenoxy) is 1. The molecule has 19 heavy (non-hydrogen) atoms. The molecule has 4 heteroatoms. The topological polar surface area (TPSA) is 21.3 Å². The third-order valence-corrected chi connectivity index (χ3v) is 3.01. The summed E-state index contributed by atoms with van der Waals surface area (Å²) in [4.78, 5) is 0. The van der Waals surface area contributed by atoms with Gasteiger partial charge < -0.3 is 10.1 Å². The molecule has 0 saturated carbocycles. The van der Waals surface area contributed by atoms with Gasteiger partial charge in [0.1, 0.15) is 5.75 Å². The van der Waals surface area contributed by atoms with Crippen LogP contribution in [-0.2, 0) is 6.54 Å². The first kappa shape index (κ1) is 15.9. The summed E-state index contributed by atoms with van der Waals surface area (Å²) in [6, 6.07) is 7.27. The fourth-order valence-corrected chi connectivity index (χ4v) is 1.83. The normalized spacial score (nSPS) is 13.0. The molecule has 0 saturated heterocycles. The number of hydrogen-bond acceptors (Lipinski definition) is 2. The Balaban J connectivity index is 2.48. The van der Waals surface area contributed by atoms with Gasteiger partial charge >= 0.3 is 6.61 Å². The molecule has 0 spiro atoms. The Morgan fingerprint density at radius 3 is 2.42 bits per heavy atom. The van der Waals surface area contributed by atoms with E-state index in [1.807, 2.05) is 6.07 Å². The van der Waals surface area contributed by atoms with Crippen molar-refractivity contribution < 1.29 is 13.5 Å². The van der Waals surface area contributed by atoms with Crippen LogP contribution in [0.25, 0.3) is 0 Å². The van der Waals surface area contributed by atoms with Gasteiger partial charge in [-0.1, -0.05) is 32.0 Å². The molecule has 2 nitrogen and oxygen atoms in total. The number of alkyl halides is 2. The molecule has 1 rings (SSSR count). The van der Waals surface area contributed by atoms with Gasteiger partial charge in [-0.3, -0.25) is 0 Å². The highest BCUT2D eigenvalue weighted by atomic mass is 19.3. The maximum atomic E-state index is 12.3. The van der Waals surface area contributed by atoms with Crippen LogP contribution in [0.2, 0.25) is 0 Å². The van der Waals surface area contributed by atoms with Crippen molar-refractivity contribution in [1.82, 2.24) is 5.32 Å². The van der Waals surface area contributed by atoms with E-state index in [-0.39, 0.29) is 5.75 Å². The molecule has 0 aliphatic carbocycles. The highest BCUT2D eigenvalue weighted by Crippen LogP contribution is 2.20. The molecule has 1 unspecified atom stereocenters. The number of para-hydroxylation sites is 1. The second kappa shape index (κ2) is 8.10. The van der Waals surface area contributed by atoms with E-state index in [9.17, 15) is 8.78 Å². The van der Waals surface area contributed by atoms with Crippen LogP contribution in [0, 0.1) is 5.92 Å². The van der Waals surface area contributed by atoms with Gasteiger partial charge in [0.2, 0.25) is 0 Å². The van der Waals surface area contributed by atoms with Crippen molar-refractivity contribution in [2.45, 2.75) is 52.8 Å². The third kappa shape index (κ3) is 6.53. The maximum Gasteiger partial charge on any atom is 0.387 e. The van der Waals surface area contributed by atoms with Crippen molar-refractivity contribution in [3.63, 3.8) is 0 Å². The van der Waals surface area contributed by atoms with Crippen LogP contribution in [0.3, 0.4) is 0 Å². The summed E-state index contributed by atoms with van der Waals surface area (Å²) in [5.41, 5.74) is 0.763. The Morgan fingerprint density at radius 2 is 1.79 bits per heavy atom. The van der Waals surface area contributed by atoms with E-state index in [2.05, 4.69) is 30.8 Å². The van der Waals surface area contributed by atoms with Gasteiger partial charge in [-0.25, -0.2) is 0 Å². The first-order valence-corrected chi connectivity index (χ1v) is 6.75. The summed E-state index contributed by atoms with van der Waals surface area (Å²) >= 11 is 0. The van der Waals surface area contributed by atoms with Crippen LogP contribution in [-0.4, -0.2) is 12.7 Å². The van der Waals surface area contributed by atoms with Crippen LogP contribution < -0.4 is 10.1 Å². The lowest BCUT2D eigenvalue weighted by atomic mass is 10.0. The van der Waals surface area contributed by atoms with E-state index in [0.717, 1.165) is 18.4 Å². The Kier molecular flexibility index (Phi) is 6.78. The van der Waals surface area contributed by atoms with E-state index < -0.39 is 6.61 Å². The Hall–Kier alpha value is -1.16. The van der Waals surface area contributed by atoms with Gasteiger partial charge in [0.25, 0.3) is 0 Å². The first-order chi connectivity index (χ1) is 8.99. The quantitative estimate of drug-likeness (QED) is 0.765. The fraction of sp³-hybridized carbons (Fsp3) is 0.600. The minimum Gasteiger partial charge on any atom is -0.434 e. The molecule has 0 heterocycles. The van der Waals surface area contributed by atoms with Crippen LogP contribution in [0.5, 0.6) is 5.75 Å². The molecule has 0 aromatic heterocycles. The highest BCUT2D eigenvalue weighted by molar-refractivity contribution is 5.33. The van der Waals surface area contributed by atoms with Gasteiger partial charge in [-0.2, -0.15) is 8.78 Å². The molecule has 1 aromatic carbocycles. The van der Waals surface area contributed by atoms with E-state index in [1.165, 1.54) is 0 Å². The first-order valence-electron chi connectivity index (χ1n) is 6.75. The second-order valence-electron chi connectivity index (χ2n) is 5.24. The lowest BCUT2D eigenvalue weighted by Crippen LogP contribution is -2.26. The number of nitrogens with one attached hydrogen (secondary N) is 1. The molecular formula is C15H23F2NO. The van der Waals surface area contributed by atoms with Gasteiger partial charge in [0.05, 0.1) is 0 Å². The summed E-state index contributed by atoms with van der Waals surface area (Å²) < 4.78 is 29.0. The highest BCUT2D eigenvalue weighted by Gasteiger charge is 2.10. The van der Waals surface area contributed by atoms with Crippen LogP contribution >= 0.6 is 0 Å². The average molecular weight is 271 g/mol. The molecule has 0 amide bonds. The standard InChI is InChI=1S/C15H23F2NO/c1-11(2)8-9-12(3)18-10-13-6-4-5-7-14(13)19-15(16)17/h4-7,11-12,15,18H,8-10H2,1-3H3. The fourth-order valence-electron chi connectivity index (χ4n) is 1.83. The summed E-state index contributed by atoms with van der Waals surface area (Å²) in [6.07, 6.45) is 2.24. The number of rotatable bonds is 8. The molecule has 0 aliphatic heterocycles. The number of halogens is 2. The van der Waals surface area contributed by atoms with Crippen LogP contribution in [0.1, 0.15) is 39.2 Å². The summed E-state index contributed by atoms with van der Waals surface area (Å²) in [6.45, 7) is 4.26. The minimum absolute atomic E-state index is 0.251. The van der Waals surface area contributed by atoms with Crippen LogP contribution in [0.4, 0.5) is 8.78 Å². The molecular weight excluding hydrogens is 248 g/mol. The molecule has 0 radical (unpaired) electrons. The van der Waals surface area contributed by atoms with Crippen molar-refractivity contribution in [3.8, 4) is 5.75 Å². The Morgan fingerprint density at radius 1 is 1.11 bits per heavy atom. The van der Waals surface area contributed by atoms with Gasteiger partial charge in [0.15, 0.2) is 0 Å². The minimum atomic E-state index is -2.78. The maximum absolute atomic E-state index is 12.3. The zero-order valence-electron chi connectivity index (χ0n) is 11.8. The third-order valence-electron chi connectivity index (χ3n) is 3.01. The van der Waals surface area contributed by atoms with Gasteiger partial charge in [-0.05, 0) is 31.7 Å². The van der Waals surface area contributed by atoms with Crippen molar-refractivity contribution in [2.75, 3.05) is 0 Å². The summed E-state index contributed by atoms with van der Waals surface area (Å²) in [5.74, 6) is 0.930. The monoisotopic (exact) mass is 271 g/mol. The largest absolute Gasteiger partial charge is 0.434 e.